The van der Waals surface area contributed by atoms with Crippen molar-refractivity contribution in [1.82, 2.24) is 15.0 Å². The molecule has 53 heavy (non-hydrogen) atoms. The molecule has 8 rings (SSSR count). The molecule has 0 bridgehead atoms. The first-order valence-electron chi connectivity index (χ1n) is 18.0. The molecule has 8 aromatic rings. The largest absolute Gasteiger partial charge is 0.500 e. The Morgan fingerprint density at radius 1 is 0.585 bits per heavy atom. The number of hydrogen-bond acceptors (Lipinski definition) is 4. The first-order chi connectivity index (χ1) is 24.9. The SMILES string of the molecule is CC(C)(C)Cc1ccc(-c2ccnc(-c3[c-]cccc3)c2)cc1.Cc1nccc2ccc3c4cc[c-]c(-c5cc(CC(C)(C)C)ccn5)c4oc3c12.[Ir]. The van der Waals surface area contributed by atoms with E-state index in [1.54, 1.807) is 0 Å². The minimum atomic E-state index is 0. The van der Waals surface area contributed by atoms with Gasteiger partial charge in [-0.3, -0.25) is 4.98 Å². The molecule has 5 heteroatoms. The third-order valence-corrected chi connectivity index (χ3v) is 9.10. The molecule has 1 radical (unpaired) electrons. The second-order valence-electron chi connectivity index (χ2n) is 16.1. The van der Waals surface area contributed by atoms with Gasteiger partial charge in [-0.15, -0.1) is 54.1 Å². The van der Waals surface area contributed by atoms with Gasteiger partial charge in [0, 0.05) is 55.2 Å². The Morgan fingerprint density at radius 3 is 2.02 bits per heavy atom. The molecular formula is C48H45IrN3O-2. The summed E-state index contributed by atoms with van der Waals surface area (Å²) in [6.45, 7) is 15.6. The fourth-order valence-electron chi connectivity index (χ4n) is 6.89. The van der Waals surface area contributed by atoms with Crippen LogP contribution >= 0.6 is 0 Å². The van der Waals surface area contributed by atoms with Crippen molar-refractivity contribution in [1.29, 1.82) is 0 Å². The van der Waals surface area contributed by atoms with Crippen LogP contribution in [0.3, 0.4) is 0 Å². The van der Waals surface area contributed by atoms with Gasteiger partial charge in [-0.2, -0.15) is 0 Å². The average Bonchev–Trinajstić information content (AvgIpc) is 3.51. The summed E-state index contributed by atoms with van der Waals surface area (Å²) in [4.78, 5) is 13.6. The van der Waals surface area contributed by atoms with Crippen LogP contribution in [0.1, 0.15) is 58.4 Å². The van der Waals surface area contributed by atoms with Crippen molar-refractivity contribution >= 4 is 32.7 Å². The fraction of sp³-hybridized carbons (Fsp3) is 0.229. The number of pyridine rings is 3. The van der Waals surface area contributed by atoms with E-state index in [1.165, 1.54) is 22.3 Å². The van der Waals surface area contributed by atoms with Crippen molar-refractivity contribution in [3.05, 3.63) is 151 Å². The molecular weight excluding hydrogens is 827 g/mol. The maximum absolute atomic E-state index is 6.46. The van der Waals surface area contributed by atoms with Gasteiger partial charge in [-0.1, -0.05) is 107 Å². The third kappa shape index (κ3) is 8.82. The van der Waals surface area contributed by atoms with Crippen LogP contribution in [0, 0.1) is 29.9 Å². The number of fused-ring (bicyclic) bond motifs is 5. The van der Waals surface area contributed by atoms with Crippen molar-refractivity contribution in [2.45, 2.75) is 61.3 Å². The predicted octanol–water partition coefficient (Wildman–Crippen LogP) is 12.7. The maximum Gasteiger partial charge on any atom is 0.130 e. The minimum absolute atomic E-state index is 0. The zero-order valence-electron chi connectivity index (χ0n) is 31.5. The smallest absolute Gasteiger partial charge is 0.130 e. The topological polar surface area (TPSA) is 51.8 Å². The molecule has 0 aliphatic carbocycles. The Kier molecular flexibility index (Phi) is 11.1. The van der Waals surface area contributed by atoms with Crippen LogP contribution in [0.4, 0.5) is 0 Å². The predicted molar refractivity (Wildman–Crippen MR) is 216 cm³/mol. The molecule has 0 atom stereocenters. The van der Waals surface area contributed by atoms with Gasteiger partial charge in [0.05, 0.1) is 5.58 Å². The fourth-order valence-corrected chi connectivity index (χ4v) is 6.89. The van der Waals surface area contributed by atoms with E-state index in [1.807, 2.05) is 61.9 Å². The van der Waals surface area contributed by atoms with E-state index in [0.29, 0.717) is 5.41 Å². The van der Waals surface area contributed by atoms with Crippen LogP contribution < -0.4 is 0 Å². The van der Waals surface area contributed by atoms with Crippen LogP contribution in [0.5, 0.6) is 0 Å². The number of nitrogens with zero attached hydrogens (tertiary/aromatic N) is 3. The molecule has 0 saturated carbocycles. The molecule has 0 unspecified atom stereocenters. The summed E-state index contributed by atoms with van der Waals surface area (Å²) in [5.41, 5.74) is 12.1. The summed E-state index contributed by atoms with van der Waals surface area (Å²) in [6.07, 6.45) is 7.68. The number of hydrogen-bond donors (Lipinski definition) is 0. The summed E-state index contributed by atoms with van der Waals surface area (Å²) in [6, 6.07) is 42.2. The molecule has 0 saturated heterocycles. The Hall–Kier alpha value is -4.96. The molecule has 4 heterocycles. The average molecular weight is 872 g/mol. The van der Waals surface area contributed by atoms with Crippen LogP contribution in [-0.2, 0) is 32.9 Å². The molecule has 269 valence electrons. The van der Waals surface area contributed by atoms with Gasteiger partial charge in [0.15, 0.2) is 0 Å². The normalized spacial score (nSPS) is 11.7. The van der Waals surface area contributed by atoms with Gasteiger partial charge < -0.3 is 14.4 Å². The van der Waals surface area contributed by atoms with Crippen molar-refractivity contribution in [3.8, 4) is 33.6 Å². The molecule has 0 spiro atoms. The van der Waals surface area contributed by atoms with Crippen LogP contribution in [0.25, 0.3) is 66.4 Å². The molecule has 0 aliphatic rings. The number of aryl methyl sites for hydroxylation is 1. The Morgan fingerprint density at radius 2 is 1.28 bits per heavy atom. The van der Waals surface area contributed by atoms with E-state index in [-0.39, 0.29) is 25.5 Å². The van der Waals surface area contributed by atoms with Gasteiger partial charge in [0.25, 0.3) is 0 Å². The summed E-state index contributed by atoms with van der Waals surface area (Å²) < 4.78 is 6.46. The second-order valence-corrected chi connectivity index (χ2v) is 16.1. The van der Waals surface area contributed by atoms with Crippen molar-refractivity contribution < 1.29 is 24.5 Å². The van der Waals surface area contributed by atoms with E-state index in [2.05, 4.69) is 135 Å². The van der Waals surface area contributed by atoms with Gasteiger partial charge in [0.2, 0.25) is 0 Å². The Bertz CT molecular complexity index is 2490. The molecule has 0 fully saturated rings. The number of aromatic nitrogens is 3. The van der Waals surface area contributed by atoms with Crippen molar-refractivity contribution in [2.24, 2.45) is 10.8 Å². The van der Waals surface area contributed by atoms with Crippen LogP contribution in [0.2, 0.25) is 0 Å². The van der Waals surface area contributed by atoms with Gasteiger partial charge >= 0.3 is 0 Å². The Balaban J connectivity index is 0.000000183. The molecule has 0 aliphatic heterocycles. The summed E-state index contributed by atoms with van der Waals surface area (Å²) in [7, 11) is 0. The standard InChI is InChI=1S/C26H23N2O.C22H22N.Ir/c1-16-23-18(11-13-27-16)8-9-20-19-6-5-7-21(24(19)29-25(20)23)22-14-17(10-12-28-22)15-26(2,3)4;1-22(2,3)16-17-9-11-18(12-10-17)20-13-14-23-21(15-20)19-7-5-4-6-8-19;/h5-6,8-14H,15H2,1-4H3;4-7,9-15H,16H2,1-3H3;/q2*-1;. The number of rotatable bonds is 5. The van der Waals surface area contributed by atoms with Crippen LogP contribution in [0.15, 0.2) is 126 Å². The van der Waals surface area contributed by atoms with Gasteiger partial charge in [-0.05, 0) is 82.3 Å². The molecule has 4 aromatic carbocycles. The molecule has 0 N–H and O–H groups in total. The van der Waals surface area contributed by atoms with E-state index in [9.17, 15) is 0 Å². The first kappa shape index (κ1) is 37.8. The van der Waals surface area contributed by atoms with Gasteiger partial charge in [-0.25, -0.2) is 0 Å². The van der Waals surface area contributed by atoms with Crippen molar-refractivity contribution in [2.75, 3.05) is 0 Å². The molecule has 4 nitrogen and oxygen atoms in total. The van der Waals surface area contributed by atoms with Crippen molar-refractivity contribution in [3.63, 3.8) is 0 Å². The number of benzene rings is 4. The number of furan rings is 1. The Labute approximate surface area is 327 Å². The summed E-state index contributed by atoms with van der Waals surface area (Å²) >= 11 is 0. The zero-order valence-corrected chi connectivity index (χ0v) is 33.9. The second kappa shape index (κ2) is 15.6. The van der Waals surface area contributed by atoms with E-state index < -0.39 is 0 Å². The van der Waals surface area contributed by atoms with Crippen LogP contribution in [-0.4, -0.2) is 15.0 Å². The zero-order chi connectivity index (χ0) is 36.5. The van der Waals surface area contributed by atoms with E-state index in [0.717, 1.165) is 73.8 Å². The third-order valence-electron chi connectivity index (χ3n) is 9.10. The summed E-state index contributed by atoms with van der Waals surface area (Å²) in [5.74, 6) is 0. The van der Waals surface area contributed by atoms with Gasteiger partial charge in [0.1, 0.15) is 5.58 Å². The molecule has 0 amide bonds. The monoisotopic (exact) mass is 872 g/mol. The first-order valence-corrected chi connectivity index (χ1v) is 18.0. The quantitative estimate of drug-likeness (QED) is 0.162. The molecule has 4 aromatic heterocycles. The maximum atomic E-state index is 6.46. The minimum Gasteiger partial charge on any atom is -0.500 e. The van der Waals surface area contributed by atoms with E-state index >= 15 is 0 Å². The van der Waals surface area contributed by atoms with E-state index in [4.69, 9.17) is 4.42 Å². The summed E-state index contributed by atoms with van der Waals surface area (Å²) in [5, 5.41) is 4.40.